The van der Waals surface area contributed by atoms with Gasteiger partial charge in [-0.2, -0.15) is 4.98 Å². The van der Waals surface area contributed by atoms with Gasteiger partial charge < -0.3 is 14.5 Å². The first-order valence-electron chi connectivity index (χ1n) is 8.67. The molecule has 0 saturated carbocycles. The van der Waals surface area contributed by atoms with Crippen molar-refractivity contribution in [1.82, 2.24) is 34.4 Å². The van der Waals surface area contributed by atoms with Crippen LogP contribution in [0, 0.1) is 13.8 Å². The average Bonchev–Trinajstić information content (AvgIpc) is 3.11. The van der Waals surface area contributed by atoms with E-state index in [-0.39, 0.29) is 5.91 Å². The monoisotopic (exact) mass is 368 g/mol. The number of rotatable bonds is 3. The third-order valence-corrected chi connectivity index (χ3v) is 4.56. The van der Waals surface area contributed by atoms with Crippen molar-refractivity contribution in [3.8, 4) is 5.88 Å². The van der Waals surface area contributed by atoms with E-state index in [1.54, 1.807) is 28.7 Å². The van der Waals surface area contributed by atoms with Gasteiger partial charge in [-0.3, -0.25) is 9.20 Å². The number of aryl methyl sites for hydroxylation is 2. The standard InChI is InChI=1S/C17H20N8O2/c1-11-10-12(2)25-14(21-22-17(25)19-11)15(26)23-6-8-24(9-7-23)16-18-5-4-13(20-16)27-3/h4-5,10H,6-9H2,1-3H3. The summed E-state index contributed by atoms with van der Waals surface area (Å²) in [4.78, 5) is 29.7. The number of nitrogens with zero attached hydrogens (tertiary/aromatic N) is 8. The molecule has 0 unspecified atom stereocenters. The second kappa shape index (κ2) is 6.78. The number of piperazine rings is 1. The molecule has 1 fully saturated rings. The van der Waals surface area contributed by atoms with Crippen molar-refractivity contribution in [2.24, 2.45) is 0 Å². The van der Waals surface area contributed by atoms with Gasteiger partial charge in [-0.25, -0.2) is 9.97 Å². The third kappa shape index (κ3) is 3.14. The number of aromatic nitrogens is 6. The van der Waals surface area contributed by atoms with Gasteiger partial charge in [0.05, 0.1) is 7.11 Å². The summed E-state index contributed by atoms with van der Waals surface area (Å²) in [6, 6.07) is 3.61. The van der Waals surface area contributed by atoms with Crippen LogP contribution in [-0.2, 0) is 0 Å². The Balaban J connectivity index is 1.51. The van der Waals surface area contributed by atoms with Crippen LogP contribution >= 0.6 is 0 Å². The molecule has 10 heteroatoms. The SMILES string of the molecule is COc1ccnc(N2CCN(C(=O)c3nnc4nc(C)cc(C)n34)CC2)n1. The molecule has 0 aromatic carbocycles. The van der Waals surface area contributed by atoms with Crippen LogP contribution < -0.4 is 9.64 Å². The van der Waals surface area contributed by atoms with E-state index in [4.69, 9.17) is 4.74 Å². The number of carbonyl (C=O) groups is 1. The molecule has 27 heavy (non-hydrogen) atoms. The summed E-state index contributed by atoms with van der Waals surface area (Å²) in [5.41, 5.74) is 1.73. The molecule has 0 bridgehead atoms. The van der Waals surface area contributed by atoms with E-state index in [2.05, 4.69) is 25.1 Å². The molecular formula is C17H20N8O2. The molecule has 3 aromatic heterocycles. The number of amides is 1. The van der Waals surface area contributed by atoms with Crippen molar-refractivity contribution in [3.05, 3.63) is 35.5 Å². The van der Waals surface area contributed by atoms with Crippen molar-refractivity contribution in [2.45, 2.75) is 13.8 Å². The summed E-state index contributed by atoms with van der Waals surface area (Å²) in [6.45, 7) is 6.17. The molecule has 1 saturated heterocycles. The number of hydrogen-bond acceptors (Lipinski definition) is 8. The number of carbonyl (C=O) groups excluding carboxylic acids is 1. The lowest BCUT2D eigenvalue weighted by Crippen LogP contribution is -2.49. The predicted octanol–water partition coefficient (Wildman–Crippen LogP) is 0.502. The molecular weight excluding hydrogens is 348 g/mol. The lowest BCUT2D eigenvalue weighted by molar-refractivity contribution is 0.0732. The summed E-state index contributed by atoms with van der Waals surface area (Å²) in [7, 11) is 1.57. The first-order valence-corrected chi connectivity index (χ1v) is 8.67. The highest BCUT2D eigenvalue weighted by atomic mass is 16.5. The Bertz CT molecular complexity index is 994. The van der Waals surface area contributed by atoms with Gasteiger partial charge in [0.25, 0.3) is 11.7 Å². The topological polar surface area (TPSA) is 102 Å². The van der Waals surface area contributed by atoms with Crippen molar-refractivity contribution < 1.29 is 9.53 Å². The van der Waals surface area contributed by atoms with Crippen LogP contribution in [0.5, 0.6) is 5.88 Å². The summed E-state index contributed by atoms with van der Waals surface area (Å²) < 4.78 is 6.85. The zero-order chi connectivity index (χ0) is 19.0. The molecule has 1 amide bonds. The zero-order valence-corrected chi connectivity index (χ0v) is 15.5. The van der Waals surface area contributed by atoms with E-state index in [9.17, 15) is 4.79 Å². The van der Waals surface area contributed by atoms with Gasteiger partial charge in [-0.15, -0.1) is 10.2 Å². The number of fused-ring (bicyclic) bond motifs is 1. The minimum Gasteiger partial charge on any atom is -0.481 e. The molecule has 4 heterocycles. The molecule has 0 radical (unpaired) electrons. The maximum absolute atomic E-state index is 13.0. The Morgan fingerprint density at radius 2 is 1.89 bits per heavy atom. The Labute approximate surface area is 155 Å². The Kier molecular flexibility index (Phi) is 4.30. The van der Waals surface area contributed by atoms with Crippen LogP contribution in [0.3, 0.4) is 0 Å². The molecule has 1 aliphatic rings. The summed E-state index contributed by atoms with van der Waals surface area (Å²) in [6.07, 6.45) is 1.67. The minimum atomic E-state index is -0.150. The lowest BCUT2D eigenvalue weighted by atomic mass is 10.3. The van der Waals surface area contributed by atoms with Crippen LogP contribution in [0.4, 0.5) is 5.95 Å². The van der Waals surface area contributed by atoms with Crippen molar-refractivity contribution in [3.63, 3.8) is 0 Å². The van der Waals surface area contributed by atoms with E-state index in [1.807, 2.05) is 24.8 Å². The van der Waals surface area contributed by atoms with Crippen molar-refractivity contribution in [1.29, 1.82) is 0 Å². The van der Waals surface area contributed by atoms with Crippen LogP contribution in [0.2, 0.25) is 0 Å². The van der Waals surface area contributed by atoms with Gasteiger partial charge in [0.2, 0.25) is 17.7 Å². The highest BCUT2D eigenvalue weighted by molar-refractivity contribution is 5.91. The summed E-state index contributed by atoms with van der Waals surface area (Å²) >= 11 is 0. The van der Waals surface area contributed by atoms with Gasteiger partial charge >= 0.3 is 0 Å². The molecule has 0 aliphatic carbocycles. The number of anilines is 1. The Hall–Kier alpha value is -3.30. The van der Waals surface area contributed by atoms with Gasteiger partial charge in [-0.1, -0.05) is 0 Å². The zero-order valence-electron chi connectivity index (χ0n) is 15.5. The highest BCUT2D eigenvalue weighted by Crippen LogP contribution is 2.16. The summed E-state index contributed by atoms with van der Waals surface area (Å²) in [5, 5.41) is 8.12. The smallest absolute Gasteiger partial charge is 0.292 e. The number of ether oxygens (including phenoxy) is 1. The van der Waals surface area contributed by atoms with Gasteiger partial charge in [0.1, 0.15) is 0 Å². The van der Waals surface area contributed by atoms with Gasteiger partial charge in [0, 0.05) is 49.8 Å². The fourth-order valence-electron chi connectivity index (χ4n) is 3.22. The Morgan fingerprint density at radius 1 is 1.11 bits per heavy atom. The molecule has 0 atom stereocenters. The lowest BCUT2D eigenvalue weighted by Gasteiger charge is -2.34. The molecule has 4 rings (SSSR count). The van der Waals surface area contributed by atoms with Gasteiger partial charge in [-0.05, 0) is 19.9 Å². The van der Waals surface area contributed by atoms with Crippen LogP contribution in [-0.4, -0.2) is 73.6 Å². The van der Waals surface area contributed by atoms with Crippen LogP contribution in [0.1, 0.15) is 22.0 Å². The largest absolute Gasteiger partial charge is 0.481 e. The molecule has 3 aromatic rings. The molecule has 140 valence electrons. The Morgan fingerprint density at radius 3 is 2.63 bits per heavy atom. The quantitative estimate of drug-likeness (QED) is 0.659. The second-order valence-electron chi connectivity index (χ2n) is 6.38. The van der Waals surface area contributed by atoms with Crippen LogP contribution in [0.15, 0.2) is 18.3 Å². The molecule has 0 N–H and O–H groups in total. The number of methoxy groups -OCH3 is 1. The fourth-order valence-corrected chi connectivity index (χ4v) is 3.22. The fraction of sp³-hybridized carbons (Fsp3) is 0.412. The average molecular weight is 368 g/mol. The molecule has 10 nitrogen and oxygen atoms in total. The van der Waals surface area contributed by atoms with E-state index in [1.165, 1.54) is 0 Å². The normalized spacial score (nSPS) is 14.6. The number of hydrogen-bond donors (Lipinski definition) is 0. The van der Waals surface area contributed by atoms with Crippen molar-refractivity contribution in [2.75, 3.05) is 38.2 Å². The molecule has 1 aliphatic heterocycles. The maximum Gasteiger partial charge on any atom is 0.292 e. The van der Waals surface area contributed by atoms with Gasteiger partial charge in [0.15, 0.2) is 0 Å². The first kappa shape index (κ1) is 17.1. The van der Waals surface area contributed by atoms with E-state index >= 15 is 0 Å². The highest BCUT2D eigenvalue weighted by Gasteiger charge is 2.27. The van der Waals surface area contributed by atoms with Crippen molar-refractivity contribution >= 4 is 17.6 Å². The predicted molar refractivity (Wildman–Crippen MR) is 97.0 cm³/mol. The first-order chi connectivity index (χ1) is 13.1. The van der Waals surface area contributed by atoms with E-state index in [0.717, 1.165) is 11.4 Å². The van der Waals surface area contributed by atoms with E-state index < -0.39 is 0 Å². The van der Waals surface area contributed by atoms with Crippen LogP contribution in [0.25, 0.3) is 5.78 Å². The summed E-state index contributed by atoms with van der Waals surface area (Å²) in [5.74, 6) is 1.71. The minimum absolute atomic E-state index is 0.150. The van der Waals surface area contributed by atoms with E-state index in [0.29, 0.717) is 49.6 Å². The molecule has 0 spiro atoms. The maximum atomic E-state index is 13.0. The third-order valence-electron chi connectivity index (χ3n) is 4.56. The second-order valence-corrected chi connectivity index (χ2v) is 6.38.